The van der Waals surface area contributed by atoms with Crippen molar-refractivity contribution in [2.45, 2.75) is 12.5 Å². The Hall–Kier alpha value is -0.570. The van der Waals surface area contributed by atoms with Gasteiger partial charge in [-0.3, -0.25) is 0 Å². The van der Waals surface area contributed by atoms with Gasteiger partial charge in [0, 0.05) is 30.6 Å². The lowest BCUT2D eigenvalue weighted by Crippen LogP contribution is -2.34. The van der Waals surface area contributed by atoms with Gasteiger partial charge in [-0.05, 0) is 31.3 Å². The quantitative estimate of drug-likeness (QED) is 0.828. The highest BCUT2D eigenvalue weighted by Crippen LogP contribution is 2.29. The summed E-state index contributed by atoms with van der Waals surface area (Å²) in [6, 6.07) is 6.23. The van der Waals surface area contributed by atoms with E-state index >= 15 is 0 Å². The van der Waals surface area contributed by atoms with Crippen molar-refractivity contribution in [2.24, 2.45) is 0 Å². The molecule has 1 atom stereocenters. The van der Waals surface area contributed by atoms with E-state index in [1.807, 2.05) is 6.07 Å². The predicted molar refractivity (Wildman–Crippen MR) is 64.5 cm³/mol. The van der Waals surface area contributed by atoms with Crippen LogP contribution in [0.5, 0.6) is 0 Å². The van der Waals surface area contributed by atoms with Gasteiger partial charge in [-0.2, -0.15) is 0 Å². The van der Waals surface area contributed by atoms with E-state index < -0.39 is 0 Å². The minimum absolute atomic E-state index is 0.558. The first-order valence-corrected chi connectivity index (χ1v) is 5.69. The Bertz CT molecular complexity index is 349. The third-order valence-corrected chi connectivity index (χ3v) is 3.23. The number of fused-ring (bicyclic) bond motifs is 1. The summed E-state index contributed by atoms with van der Waals surface area (Å²) in [6.07, 6.45) is 0. The number of hydrogen-bond acceptors (Lipinski definition) is 2. The molecular weight excluding hydrogens is 208 g/mol. The Morgan fingerprint density at radius 2 is 2.27 bits per heavy atom. The summed E-state index contributed by atoms with van der Waals surface area (Å²) in [5.41, 5.74) is 2.69. The molecule has 0 bridgehead atoms. The Morgan fingerprint density at radius 3 is 3.00 bits per heavy atom. The van der Waals surface area contributed by atoms with Gasteiger partial charge in [-0.25, -0.2) is 0 Å². The van der Waals surface area contributed by atoms with Crippen molar-refractivity contribution in [3.63, 3.8) is 0 Å². The molecule has 0 saturated heterocycles. The van der Waals surface area contributed by atoms with E-state index in [9.17, 15) is 0 Å². The third kappa shape index (κ3) is 2.33. The van der Waals surface area contributed by atoms with Gasteiger partial charge in [0.15, 0.2) is 0 Å². The standard InChI is InChI=1S/C12H17ClN2/c1-15(2)8-9-6-14-7-11-10(9)4-3-5-12(11)13/h3-5,9,14H,6-8H2,1-2H3. The second kappa shape index (κ2) is 4.52. The highest BCUT2D eigenvalue weighted by atomic mass is 35.5. The van der Waals surface area contributed by atoms with Crippen molar-refractivity contribution in [3.8, 4) is 0 Å². The fraction of sp³-hybridized carbons (Fsp3) is 0.500. The lowest BCUT2D eigenvalue weighted by molar-refractivity contribution is 0.355. The molecule has 1 aliphatic rings. The number of nitrogens with one attached hydrogen (secondary N) is 1. The first-order chi connectivity index (χ1) is 7.18. The van der Waals surface area contributed by atoms with Gasteiger partial charge in [-0.15, -0.1) is 0 Å². The van der Waals surface area contributed by atoms with Crippen LogP contribution in [0.2, 0.25) is 5.02 Å². The summed E-state index contributed by atoms with van der Waals surface area (Å²) in [4.78, 5) is 2.22. The van der Waals surface area contributed by atoms with Gasteiger partial charge < -0.3 is 10.2 Å². The normalized spacial score (nSPS) is 20.4. The molecule has 2 rings (SSSR count). The molecule has 0 radical (unpaired) electrons. The minimum atomic E-state index is 0.558. The maximum absolute atomic E-state index is 6.19. The molecule has 0 amide bonds. The maximum atomic E-state index is 6.19. The zero-order valence-electron chi connectivity index (χ0n) is 9.26. The average Bonchev–Trinajstić information content (AvgIpc) is 2.19. The molecule has 2 nitrogen and oxygen atoms in total. The second-order valence-electron chi connectivity index (χ2n) is 4.40. The van der Waals surface area contributed by atoms with E-state index in [4.69, 9.17) is 11.6 Å². The number of nitrogens with zero attached hydrogens (tertiary/aromatic N) is 1. The van der Waals surface area contributed by atoms with Crippen LogP contribution in [0.25, 0.3) is 0 Å². The van der Waals surface area contributed by atoms with Crippen molar-refractivity contribution in [2.75, 3.05) is 27.2 Å². The molecular formula is C12H17ClN2. The minimum Gasteiger partial charge on any atom is -0.312 e. The molecule has 82 valence electrons. The molecule has 1 heterocycles. The number of halogens is 1. The third-order valence-electron chi connectivity index (χ3n) is 2.87. The molecule has 0 aromatic heterocycles. The second-order valence-corrected chi connectivity index (χ2v) is 4.80. The molecule has 1 aromatic carbocycles. The van der Waals surface area contributed by atoms with Gasteiger partial charge in [-0.1, -0.05) is 23.7 Å². The lowest BCUT2D eigenvalue weighted by Gasteiger charge is -2.29. The Labute approximate surface area is 96.2 Å². The predicted octanol–water partition coefficient (Wildman–Crippen LogP) is 2.09. The van der Waals surface area contributed by atoms with Crippen LogP contribution in [0.3, 0.4) is 0 Å². The number of rotatable bonds is 2. The topological polar surface area (TPSA) is 15.3 Å². The zero-order chi connectivity index (χ0) is 10.8. The molecule has 0 spiro atoms. The van der Waals surface area contributed by atoms with Crippen LogP contribution in [0.4, 0.5) is 0 Å². The largest absolute Gasteiger partial charge is 0.312 e. The lowest BCUT2D eigenvalue weighted by atomic mass is 9.90. The summed E-state index contributed by atoms with van der Waals surface area (Å²) < 4.78 is 0. The molecule has 0 fully saturated rings. The summed E-state index contributed by atoms with van der Waals surface area (Å²) in [5.74, 6) is 0.558. The molecule has 15 heavy (non-hydrogen) atoms. The number of hydrogen-bond donors (Lipinski definition) is 1. The number of benzene rings is 1. The van der Waals surface area contributed by atoms with Crippen molar-refractivity contribution in [1.82, 2.24) is 10.2 Å². The van der Waals surface area contributed by atoms with Crippen molar-refractivity contribution < 1.29 is 0 Å². The number of likely N-dealkylation sites (N-methyl/N-ethyl adjacent to an activating group) is 1. The molecule has 3 heteroatoms. The van der Waals surface area contributed by atoms with Crippen LogP contribution in [-0.4, -0.2) is 32.1 Å². The van der Waals surface area contributed by atoms with E-state index in [1.165, 1.54) is 11.1 Å². The van der Waals surface area contributed by atoms with E-state index in [2.05, 4.69) is 36.4 Å². The summed E-state index contributed by atoms with van der Waals surface area (Å²) in [5, 5.41) is 4.32. The fourth-order valence-electron chi connectivity index (χ4n) is 2.23. The fourth-order valence-corrected chi connectivity index (χ4v) is 2.48. The van der Waals surface area contributed by atoms with E-state index in [0.29, 0.717) is 5.92 Å². The van der Waals surface area contributed by atoms with Gasteiger partial charge in [0.25, 0.3) is 0 Å². The summed E-state index contributed by atoms with van der Waals surface area (Å²) in [7, 11) is 4.22. The molecule has 0 aliphatic carbocycles. The SMILES string of the molecule is CN(C)CC1CNCc2c(Cl)cccc21. The van der Waals surface area contributed by atoms with Gasteiger partial charge in [0.2, 0.25) is 0 Å². The van der Waals surface area contributed by atoms with Crippen LogP contribution in [0.1, 0.15) is 17.0 Å². The monoisotopic (exact) mass is 224 g/mol. The molecule has 1 N–H and O–H groups in total. The highest BCUT2D eigenvalue weighted by Gasteiger charge is 2.21. The maximum Gasteiger partial charge on any atom is 0.0453 e. The molecule has 1 aromatic rings. The summed E-state index contributed by atoms with van der Waals surface area (Å²) in [6.45, 7) is 3.02. The van der Waals surface area contributed by atoms with Crippen LogP contribution >= 0.6 is 11.6 Å². The Morgan fingerprint density at radius 1 is 1.47 bits per heavy atom. The van der Waals surface area contributed by atoms with Gasteiger partial charge in [0.05, 0.1) is 0 Å². The Kier molecular flexibility index (Phi) is 3.29. The Balaban J connectivity index is 2.30. The zero-order valence-corrected chi connectivity index (χ0v) is 10.0. The van der Waals surface area contributed by atoms with Gasteiger partial charge in [0.1, 0.15) is 0 Å². The molecule has 1 aliphatic heterocycles. The van der Waals surface area contributed by atoms with E-state index in [-0.39, 0.29) is 0 Å². The smallest absolute Gasteiger partial charge is 0.0453 e. The van der Waals surface area contributed by atoms with E-state index in [0.717, 1.165) is 24.7 Å². The van der Waals surface area contributed by atoms with E-state index in [1.54, 1.807) is 0 Å². The van der Waals surface area contributed by atoms with Crippen LogP contribution in [-0.2, 0) is 6.54 Å². The van der Waals surface area contributed by atoms with Crippen molar-refractivity contribution in [3.05, 3.63) is 34.3 Å². The first-order valence-electron chi connectivity index (χ1n) is 5.31. The summed E-state index contributed by atoms with van der Waals surface area (Å²) >= 11 is 6.19. The first kappa shape index (κ1) is 10.9. The van der Waals surface area contributed by atoms with Crippen LogP contribution in [0, 0.1) is 0 Å². The molecule has 0 saturated carbocycles. The highest BCUT2D eigenvalue weighted by molar-refractivity contribution is 6.31. The van der Waals surface area contributed by atoms with Crippen LogP contribution < -0.4 is 5.32 Å². The van der Waals surface area contributed by atoms with Crippen LogP contribution in [0.15, 0.2) is 18.2 Å². The van der Waals surface area contributed by atoms with Crippen molar-refractivity contribution in [1.29, 1.82) is 0 Å². The van der Waals surface area contributed by atoms with Gasteiger partial charge >= 0.3 is 0 Å². The van der Waals surface area contributed by atoms with Crippen molar-refractivity contribution >= 4 is 11.6 Å². The average molecular weight is 225 g/mol. The molecule has 1 unspecified atom stereocenters.